The number of methoxy groups -OCH3 is 1. The lowest BCUT2D eigenvalue weighted by molar-refractivity contribution is -0.123. The Labute approximate surface area is 91.8 Å². The van der Waals surface area contributed by atoms with Crippen LogP contribution in [0.4, 0.5) is 0 Å². The molecule has 15 heavy (non-hydrogen) atoms. The minimum absolute atomic E-state index is 0.204. The number of rotatable bonds is 2. The molecule has 1 aliphatic heterocycles. The van der Waals surface area contributed by atoms with E-state index in [2.05, 4.69) is 11.8 Å². The first-order valence-corrected chi connectivity index (χ1v) is 6.02. The maximum atomic E-state index is 11.7. The van der Waals surface area contributed by atoms with E-state index in [1.165, 1.54) is 0 Å². The molecular weight excluding hydrogens is 190 g/mol. The molecule has 0 amide bonds. The van der Waals surface area contributed by atoms with Gasteiger partial charge in [0.25, 0.3) is 0 Å². The van der Waals surface area contributed by atoms with Gasteiger partial charge in [0.1, 0.15) is 5.78 Å². The number of ether oxygens (including phenoxy) is 1. The van der Waals surface area contributed by atoms with Gasteiger partial charge in [-0.1, -0.05) is 6.92 Å². The third kappa shape index (κ3) is 2.23. The van der Waals surface area contributed by atoms with Crippen molar-refractivity contribution >= 4 is 5.78 Å². The van der Waals surface area contributed by atoms with E-state index < -0.39 is 0 Å². The second-order valence-corrected chi connectivity index (χ2v) is 4.91. The summed E-state index contributed by atoms with van der Waals surface area (Å²) in [5.74, 6) is 1.07. The van der Waals surface area contributed by atoms with E-state index in [9.17, 15) is 4.79 Å². The largest absolute Gasteiger partial charge is 0.380 e. The molecule has 3 nitrogen and oxygen atoms in total. The van der Waals surface area contributed by atoms with E-state index in [1.807, 2.05) is 0 Å². The van der Waals surface area contributed by atoms with Gasteiger partial charge in [-0.3, -0.25) is 9.69 Å². The zero-order chi connectivity index (χ0) is 10.8. The SMILES string of the molecule is COC1CN(C2CCCC2=O)CCC1C. The Morgan fingerprint density at radius 3 is 2.80 bits per heavy atom. The maximum Gasteiger partial charge on any atom is 0.149 e. The number of likely N-dealkylation sites (tertiary alicyclic amines) is 1. The van der Waals surface area contributed by atoms with Crippen molar-refractivity contribution in [1.82, 2.24) is 4.90 Å². The van der Waals surface area contributed by atoms with Crippen molar-refractivity contribution in [3.8, 4) is 0 Å². The smallest absolute Gasteiger partial charge is 0.149 e. The quantitative estimate of drug-likeness (QED) is 0.692. The Morgan fingerprint density at radius 2 is 2.20 bits per heavy atom. The van der Waals surface area contributed by atoms with Gasteiger partial charge < -0.3 is 4.74 Å². The summed E-state index contributed by atoms with van der Waals surface area (Å²) in [4.78, 5) is 14.0. The van der Waals surface area contributed by atoms with Crippen molar-refractivity contribution in [2.75, 3.05) is 20.2 Å². The Bertz CT molecular complexity index is 242. The predicted molar refractivity (Wildman–Crippen MR) is 58.8 cm³/mol. The Hall–Kier alpha value is -0.410. The van der Waals surface area contributed by atoms with Crippen LogP contribution in [0.3, 0.4) is 0 Å². The molecule has 3 unspecified atom stereocenters. The lowest BCUT2D eigenvalue weighted by Crippen LogP contribution is -2.49. The number of carbonyl (C=O) groups excluding carboxylic acids is 1. The topological polar surface area (TPSA) is 29.5 Å². The van der Waals surface area contributed by atoms with Gasteiger partial charge in [0.05, 0.1) is 12.1 Å². The first-order chi connectivity index (χ1) is 7.22. The monoisotopic (exact) mass is 211 g/mol. The third-order valence-corrected chi connectivity index (χ3v) is 3.94. The van der Waals surface area contributed by atoms with Crippen LogP contribution in [-0.2, 0) is 9.53 Å². The number of Topliss-reactive ketones (excluding diaryl/α,β-unsaturated/α-hetero) is 1. The number of ketones is 1. The summed E-state index contributed by atoms with van der Waals surface area (Å²) in [6.45, 7) is 4.24. The molecule has 86 valence electrons. The minimum atomic E-state index is 0.204. The van der Waals surface area contributed by atoms with Gasteiger partial charge >= 0.3 is 0 Å². The number of carbonyl (C=O) groups is 1. The molecule has 1 saturated carbocycles. The fraction of sp³-hybridized carbons (Fsp3) is 0.917. The highest BCUT2D eigenvalue weighted by atomic mass is 16.5. The second kappa shape index (κ2) is 4.62. The Kier molecular flexibility index (Phi) is 3.42. The Morgan fingerprint density at radius 1 is 1.40 bits per heavy atom. The van der Waals surface area contributed by atoms with Crippen LogP contribution in [-0.4, -0.2) is 43.0 Å². The Balaban J connectivity index is 1.96. The van der Waals surface area contributed by atoms with Crippen LogP contribution in [0, 0.1) is 5.92 Å². The van der Waals surface area contributed by atoms with E-state index in [0.29, 0.717) is 17.8 Å². The first kappa shape index (κ1) is 11.1. The molecule has 2 rings (SSSR count). The summed E-state index contributed by atoms with van der Waals surface area (Å²) < 4.78 is 5.48. The maximum absolute atomic E-state index is 11.7. The molecule has 0 bridgehead atoms. The molecule has 2 fully saturated rings. The average molecular weight is 211 g/mol. The van der Waals surface area contributed by atoms with E-state index in [4.69, 9.17) is 4.74 Å². The normalized spacial score (nSPS) is 38.5. The van der Waals surface area contributed by atoms with Crippen molar-refractivity contribution in [2.45, 2.75) is 44.8 Å². The highest BCUT2D eigenvalue weighted by molar-refractivity contribution is 5.85. The first-order valence-electron chi connectivity index (χ1n) is 6.02. The van der Waals surface area contributed by atoms with E-state index in [1.54, 1.807) is 7.11 Å². The molecule has 1 saturated heterocycles. The number of nitrogens with zero attached hydrogens (tertiary/aromatic N) is 1. The molecule has 0 N–H and O–H groups in total. The average Bonchev–Trinajstić information content (AvgIpc) is 2.65. The number of piperidine rings is 1. The van der Waals surface area contributed by atoms with Crippen molar-refractivity contribution in [3.63, 3.8) is 0 Å². The third-order valence-electron chi connectivity index (χ3n) is 3.94. The molecule has 2 aliphatic rings. The molecule has 0 radical (unpaired) electrons. The summed E-state index contributed by atoms with van der Waals surface area (Å²) in [7, 11) is 1.78. The van der Waals surface area contributed by atoms with Crippen molar-refractivity contribution in [2.24, 2.45) is 5.92 Å². The van der Waals surface area contributed by atoms with Crippen LogP contribution in [0.15, 0.2) is 0 Å². The summed E-state index contributed by atoms with van der Waals surface area (Å²) in [5.41, 5.74) is 0. The van der Waals surface area contributed by atoms with Crippen LogP contribution < -0.4 is 0 Å². The van der Waals surface area contributed by atoms with Crippen LogP contribution in [0.1, 0.15) is 32.6 Å². The summed E-state index contributed by atoms with van der Waals surface area (Å²) in [6, 6.07) is 0.204. The summed E-state index contributed by atoms with van der Waals surface area (Å²) in [6.07, 6.45) is 4.39. The van der Waals surface area contributed by atoms with Crippen molar-refractivity contribution in [1.29, 1.82) is 0 Å². The summed E-state index contributed by atoms with van der Waals surface area (Å²) >= 11 is 0. The molecule has 0 aromatic carbocycles. The number of hydrogen-bond acceptors (Lipinski definition) is 3. The summed E-state index contributed by atoms with van der Waals surface area (Å²) in [5, 5.41) is 0. The van der Waals surface area contributed by atoms with E-state index >= 15 is 0 Å². The van der Waals surface area contributed by atoms with Crippen LogP contribution in [0.25, 0.3) is 0 Å². The zero-order valence-electron chi connectivity index (χ0n) is 9.74. The molecule has 1 aliphatic carbocycles. The fourth-order valence-electron chi connectivity index (χ4n) is 2.83. The highest BCUT2D eigenvalue weighted by Gasteiger charge is 2.35. The fourth-order valence-corrected chi connectivity index (χ4v) is 2.83. The zero-order valence-corrected chi connectivity index (χ0v) is 9.74. The molecule has 3 atom stereocenters. The molecule has 1 heterocycles. The lowest BCUT2D eigenvalue weighted by Gasteiger charge is -2.38. The molecule has 0 spiro atoms. The van der Waals surface area contributed by atoms with Gasteiger partial charge in [-0.2, -0.15) is 0 Å². The molecule has 0 aromatic rings. The minimum Gasteiger partial charge on any atom is -0.380 e. The van der Waals surface area contributed by atoms with Crippen LogP contribution in [0.2, 0.25) is 0 Å². The van der Waals surface area contributed by atoms with Gasteiger partial charge in [-0.25, -0.2) is 0 Å². The van der Waals surface area contributed by atoms with E-state index in [-0.39, 0.29) is 6.04 Å². The van der Waals surface area contributed by atoms with Crippen molar-refractivity contribution < 1.29 is 9.53 Å². The lowest BCUT2D eigenvalue weighted by atomic mass is 9.94. The van der Waals surface area contributed by atoms with E-state index in [0.717, 1.165) is 38.8 Å². The molecular formula is C12H21NO2. The van der Waals surface area contributed by atoms with Gasteiger partial charge in [-0.15, -0.1) is 0 Å². The van der Waals surface area contributed by atoms with Gasteiger partial charge in [0.2, 0.25) is 0 Å². The van der Waals surface area contributed by atoms with Gasteiger partial charge in [0.15, 0.2) is 0 Å². The standard InChI is InChI=1S/C12H21NO2/c1-9-6-7-13(8-12(9)15-2)10-4-3-5-11(10)14/h9-10,12H,3-8H2,1-2H3. The van der Waals surface area contributed by atoms with Crippen LogP contribution in [0.5, 0.6) is 0 Å². The number of hydrogen-bond donors (Lipinski definition) is 0. The van der Waals surface area contributed by atoms with Gasteiger partial charge in [-0.05, 0) is 31.7 Å². The second-order valence-electron chi connectivity index (χ2n) is 4.91. The highest BCUT2D eigenvalue weighted by Crippen LogP contribution is 2.26. The van der Waals surface area contributed by atoms with Gasteiger partial charge in [0, 0.05) is 20.1 Å². The molecule has 0 aromatic heterocycles. The van der Waals surface area contributed by atoms with Crippen molar-refractivity contribution in [3.05, 3.63) is 0 Å². The predicted octanol–water partition coefficient (Wildman–Crippen LogP) is 1.46. The molecule has 3 heteroatoms. The van der Waals surface area contributed by atoms with Crippen LogP contribution >= 0.6 is 0 Å².